The number of fused-ring (bicyclic) bond motifs is 3. The first-order chi connectivity index (χ1) is 19.1. The van der Waals surface area contributed by atoms with Crippen molar-refractivity contribution in [3.63, 3.8) is 0 Å². The Morgan fingerprint density at radius 3 is 2.20 bits per heavy atom. The molecule has 0 N–H and O–H groups in total. The van der Waals surface area contributed by atoms with Gasteiger partial charge in [-0.3, -0.25) is 9.17 Å². The predicted octanol–water partition coefficient (Wildman–Crippen LogP) is 4.81. The number of benzene rings is 2. The molecule has 1 saturated heterocycles. The van der Waals surface area contributed by atoms with Gasteiger partial charge in [0.05, 0.1) is 21.4 Å². The number of anilines is 1. The van der Waals surface area contributed by atoms with Crippen molar-refractivity contribution in [2.45, 2.75) is 42.6 Å². The molecule has 1 fully saturated rings. The van der Waals surface area contributed by atoms with Gasteiger partial charge in [-0.25, -0.2) is 17.4 Å². The third-order valence-corrected chi connectivity index (χ3v) is 10.3. The van der Waals surface area contributed by atoms with Crippen LogP contribution in [-0.2, 0) is 24.3 Å². The van der Waals surface area contributed by atoms with Crippen molar-refractivity contribution < 1.29 is 21.0 Å². The lowest BCUT2D eigenvalue weighted by atomic mass is 10.1. The van der Waals surface area contributed by atoms with E-state index in [4.69, 9.17) is 9.17 Å². The highest BCUT2D eigenvalue weighted by Gasteiger charge is 2.29. The molecule has 0 amide bonds. The van der Waals surface area contributed by atoms with Gasteiger partial charge in [0.15, 0.2) is 5.65 Å². The number of piperidine rings is 1. The van der Waals surface area contributed by atoms with Gasteiger partial charge in [-0.05, 0) is 69.2 Å². The van der Waals surface area contributed by atoms with E-state index in [9.17, 15) is 16.8 Å². The first-order valence-electron chi connectivity index (χ1n) is 13.0. The molecule has 0 saturated carbocycles. The van der Waals surface area contributed by atoms with Gasteiger partial charge in [0.2, 0.25) is 0 Å². The zero-order chi connectivity index (χ0) is 28.1. The highest BCUT2D eigenvalue weighted by molar-refractivity contribution is 7.90. The molecule has 3 aromatic heterocycles. The minimum absolute atomic E-state index is 0.120. The maximum absolute atomic E-state index is 13.9. The van der Waals surface area contributed by atoms with E-state index in [1.807, 2.05) is 30.9 Å². The Bertz CT molecular complexity index is 1930. The number of aryl methyl sites for hydroxylation is 2. The molecule has 4 heterocycles. The van der Waals surface area contributed by atoms with Gasteiger partial charge in [-0.2, -0.15) is 8.42 Å². The fourth-order valence-corrected chi connectivity index (χ4v) is 7.66. The molecule has 5 aromatic rings. The summed E-state index contributed by atoms with van der Waals surface area (Å²) >= 11 is 0. The Morgan fingerprint density at radius 1 is 0.825 bits per heavy atom. The van der Waals surface area contributed by atoms with Gasteiger partial charge < -0.3 is 4.90 Å². The molecule has 1 aliphatic heterocycles. The van der Waals surface area contributed by atoms with Gasteiger partial charge in [0.25, 0.3) is 20.1 Å². The van der Waals surface area contributed by atoms with Crippen molar-refractivity contribution in [1.82, 2.24) is 13.9 Å². The SMILES string of the molecule is Cc1ccc(S(=O)(=O)O[C@@H]2CCCN(c3ccc4c5cnccc5n(S(=O)(=O)c5ccc(C)cc5)c4n3)C2)cc1. The Balaban J connectivity index is 1.37. The zero-order valence-corrected chi connectivity index (χ0v) is 23.7. The molecule has 40 heavy (non-hydrogen) atoms. The Morgan fingerprint density at radius 2 is 1.50 bits per heavy atom. The summed E-state index contributed by atoms with van der Waals surface area (Å²) in [6.07, 6.45) is 3.91. The van der Waals surface area contributed by atoms with Crippen molar-refractivity contribution in [1.29, 1.82) is 0 Å². The van der Waals surface area contributed by atoms with Crippen molar-refractivity contribution in [3.05, 3.63) is 90.3 Å². The van der Waals surface area contributed by atoms with Gasteiger partial charge in [0.1, 0.15) is 5.82 Å². The Labute approximate surface area is 233 Å². The average Bonchev–Trinajstić information content (AvgIpc) is 3.28. The van der Waals surface area contributed by atoms with Crippen molar-refractivity contribution in [2.75, 3.05) is 18.0 Å². The fourth-order valence-electron chi connectivity index (χ4n) is 5.09. The molecule has 0 spiro atoms. The summed E-state index contributed by atoms with van der Waals surface area (Å²) in [7, 11) is -7.91. The van der Waals surface area contributed by atoms with E-state index < -0.39 is 26.2 Å². The summed E-state index contributed by atoms with van der Waals surface area (Å²) in [6.45, 7) is 4.73. The Hall–Kier alpha value is -3.80. The molecule has 206 valence electrons. The smallest absolute Gasteiger partial charge is 0.297 e. The van der Waals surface area contributed by atoms with E-state index in [0.29, 0.717) is 48.0 Å². The summed E-state index contributed by atoms with van der Waals surface area (Å²) in [6, 6.07) is 18.6. The lowest BCUT2D eigenvalue weighted by Gasteiger charge is -2.33. The maximum atomic E-state index is 13.9. The van der Waals surface area contributed by atoms with Crippen LogP contribution < -0.4 is 4.90 Å². The molecule has 11 heteroatoms. The maximum Gasteiger partial charge on any atom is 0.297 e. The number of nitrogens with zero attached hydrogens (tertiary/aromatic N) is 4. The molecular weight excluding hydrogens is 548 g/mol. The van der Waals surface area contributed by atoms with E-state index in [1.54, 1.807) is 67.0 Å². The van der Waals surface area contributed by atoms with Gasteiger partial charge in [-0.1, -0.05) is 35.4 Å². The second kappa shape index (κ2) is 9.99. The summed E-state index contributed by atoms with van der Waals surface area (Å²) < 4.78 is 60.5. The molecular formula is C29H28N4O5S2. The first-order valence-corrected chi connectivity index (χ1v) is 15.8. The average molecular weight is 577 g/mol. The van der Waals surface area contributed by atoms with Crippen LogP contribution in [0.25, 0.3) is 21.9 Å². The summed E-state index contributed by atoms with van der Waals surface area (Å²) in [4.78, 5) is 11.3. The minimum Gasteiger partial charge on any atom is -0.354 e. The van der Waals surface area contributed by atoms with E-state index in [2.05, 4.69) is 4.98 Å². The lowest BCUT2D eigenvalue weighted by Crippen LogP contribution is -2.41. The number of pyridine rings is 2. The molecule has 6 rings (SSSR count). The number of rotatable bonds is 6. The zero-order valence-electron chi connectivity index (χ0n) is 22.1. The lowest BCUT2D eigenvalue weighted by molar-refractivity contribution is 0.186. The van der Waals surface area contributed by atoms with E-state index in [1.165, 1.54) is 3.97 Å². The van der Waals surface area contributed by atoms with Crippen LogP contribution in [0.15, 0.2) is 88.9 Å². The highest BCUT2D eigenvalue weighted by atomic mass is 32.2. The second-order valence-corrected chi connectivity index (χ2v) is 13.4. The number of aromatic nitrogens is 3. The van der Waals surface area contributed by atoms with Crippen LogP contribution >= 0.6 is 0 Å². The van der Waals surface area contributed by atoms with Gasteiger partial charge >= 0.3 is 0 Å². The Kier molecular flexibility index (Phi) is 6.60. The van der Waals surface area contributed by atoms with Crippen molar-refractivity contribution in [2.24, 2.45) is 0 Å². The van der Waals surface area contributed by atoms with Crippen LogP contribution in [0, 0.1) is 13.8 Å². The molecule has 9 nitrogen and oxygen atoms in total. The van der Waals surface area contributed by atoms with Crippen LogP contribution in [0.3, 0.4) is 0 Å². The topological polar surface area (TPSA) is 111 Å². The molecule has 0 radical (unpaired) electrons. The fraction of sp³-hybridized carbons (Fsp3) is 0.241. The standard InChI is InChI=1S/C29H28N4O5S2/c1-20-5-9-23(10-6-20)39(34,35)33-27-15-16-30-18-26(27)25-13-14-28(31-29(25)33)32-17-3-4-22(19-32)38-40(36,37)24-11-7-21(2)8-12-24/h5-16,18,22H,3-4,17,19H2,1-2H3/t22-/m1/s1. The van der Waals surface area contributed by atoms with Crippen molar-refractivity contribution >= 4 is 47.9 Å². The number of hydrogen-bond acceptors (Lipinski definition) is 8. The van der Waals surface area contributed by atoms with Crippen LogP contribution in [0.5, 0.6) is 0 Å². The highest BCUT2D eigenvalue weighted by Crippen LogP contribution is 2.33. The second-order valence-electron chi connectivity index (χ2n) is 10.1. The molecule has 1 aliphatic rings. The van der Waals surface area contributed by atoms with Crippen LogP contribution in [-0.4, -0.2) is 50.0 Å². The quantitative estimate of drug-likeness (QED) is 0.265. The monoisotopic (exact) mass is 576 g/mol. The van der Waals surface area contributed by atoms with Gasteiger partial charge in [0, 0.05) is 36.3 Å². The molecule has 0 unspecified atom stereocenters. The molecule has 0 bridgehead atoms. The third-order valence-electron chi connectivity index (χ3n) is 7.19. The van der Waals surface area contributed by atoms with E-state index in [0.717, 1.165) is 11.1 Å². The molecule has 0 aliphatic carbocycles. The first kappa shape index (κ1) is 26.4. The summed E-state index contributed by atoms with van der Waals surface area (Å²) in [5.74, 6) is 0.546. The summed E-state index contributed by atoms with van der Waals surface area (Å²) in [5.41, 5.74) is 2.69. The normalized spacial score (nSPS) is 16.6. The van der Waals surface area contributed by atoms with Crippen molar-refractivity contribution in [3.8, 4) is 0 Å². The largest absolute Gasteiger partial charge is 0.354 e. The molecule has 2 aromatic carbocycles. The predicted molar refractivity (Wildman–Crippen MR) is 153 cm³/mol. The third kappa shape index (κ3) is 4.74. The van der Waals surface area contributed by atoms with E-state index in [-0.39, 0.29) is 15.4 Å². The minimum atomic E-state index is -3.98. The summed E-state index contributed by atoms with van der Waals surface area (Å²) in [5, 5.41) is 1.34. The van der Waals surface area contributed by atoms with E-state index >= 15 is 0 Å². The van der Waals surface area contributed by atoms with Crippen LogP contribution in [0.2, 0.25) is 0 Å². The van der Waals surface area contributed by atoms with Gasteiger partial charge in [-0.15, -0.1) is 0 Å². The van der Waals surface area contributed by atoms with Crippen LogP contribution in [0.1, 0.15) is 24.0 Å². The molecule has 1 atom stereocenters. The number of hydrogen-bond donors (Lipinski definition) is 0. The van der Waals surface area contributed by atoms with Crippen LogP contribution in [0.4, 0.5) is 5.82 Å².